The first-order valence-electron chi connectivity index (χ1n) is 4.23. The minimum Gasteiger partial charge on any atom is -0.392 e. The van der Waals surface area contributed by atoms with E-state index in [2.05, 4.69) is 11.4 Å². The molecule has 0 spiro atoms. The highest BCUT2D eigenvalue weighted by Gasteiger charge is 2.23. The van der Waals surface area contributed by atoms with E-state index >= 15 is 0 Å². The molecule has 0 fully saturated rings. The predicted octanol–water partition coefficient (Wildman–Crippen LogP) is 0.895. The molecule has 0 rings (SSSR count). The maximum Gasteiger partial charge on any atom is 0.0688 e. The lowest BCUT2D eigenvalue weighted by Crippen LogP contribution is -2.49. The van der Waals surface area contributed by atoms with Crippen LogP contribution in [0.3, 0.4) is 0 Å². The van der Waals surface area contributed by atoms with Gasteiger partial charge in [0.2, 0.25) is 0 Å². The Morgan fingerprint density at radius 1 is 1.50 bits per heavy atom. The molecule has 2 N–H and O–H groups in total. The number of aliphatic hydroxyl groups is 1. The molecule has 3 nitrogen and oxygen atoms in total. The molecule has 0 saturated carbocycles. The highest BCUT2D eigenvalue weighted by atomic mass is 16.3. The molecule has 0 aromatic rings. The van der Waals surface area contributed by atoms with Crippen LogP contribution in [-0.2, 0) is 0 Å². The second-order valence-electron chi connectivity index (χ2n) is 3.81. The van der Waals surface area contributed by atoms with Gasteiger partial charge in [-0.2, -0.15) is 5.26 Å². The Morgan fingerprint density at radius 3 is 2.33 bits per heavy atom. The maximum atomic E-state index is 9.32. The van der Waals surface area contributed by atoms with Gasteiger partial charge >= 0.3 is 0 Å². The zero-order valence-corrected chi connectivity index (χ0v) is 8.26. The summed E-state index contributed by atoms with van der Waals surface area (Å²) in [5.41, 5.74) is -0.314. The van der Waals surface area contributed by atoms with Gasteiger partial charge in [0.1, 0.15) is 0 Å². The Morgan fingerprint density at radius 2 is 2.00 bits per heavy atom. The summed E-state index contributed by atoms with van der Waals surface area (Å²) in [6.45, 7) is 8.05. The highest BCUT2D eigenvalue weighted by Crippen LogP contribution is 2.08. The molecule has 0 saturated heterocycles. The molecule has 0 aromatic heterocycles. The van der Waals surface area contributed by atoms with Crippen molar-refractivity contribution in [2.75, 3.05) is 6.54 Å². The molecule has 3 heteroatoms. The van der Waals surface area contributed by atoms with E-state index in [1.165, 1.54) is 0 Å². The van der Waals surface area contributed by atoms with E-state index in [9.17, 15) is 5.11 Å². The molecule has 0 radical (unpaired) electrons. The van der Waals surface area contributed by atoms with Crippen LogP contribution in [0.4, 0.5) is 0 Å². The van der Waals surface area contributed by atoms with Gasteiger partial charge in [0.15, 0.2) is 0 Å². The molecule has 0 bridgehead atoms. The van der Waals surface area contributed by atoms with E-state index < -0.39 is 6.10 Å². The van der Waals surface area contributed by atoms with Crippen molar-refractivity contribution in [3.63, 3.8) is 0 Å². The monoisotopic (exact) mass is 170 g/mol. The molecule has 2 unspecified atom stereocenters. The second kappa shape index (κ2) is 4.44. The van der Waals surface area contributed by atoms with Crippen LogP contribution in [0, 0.1) is 17.2 Å². The van der Waals surface area contributed by atoms with Crippen LogP contribution in [0.5, 0.6) is 0 Å². The molecular weight excluding hydrogens is 152 g/mol. The summed E-state index contributed by atoms with van der Waals surface area (Å²) in [5, 5.41) is 21.0. The van der Waals surface area contributed by atoms with Gasteiger partial charge in [-0.15, -0.1) is 0 Å². The maximum absolute atomic E-state index is 9.32. The smallest absolute Gasteiger partial charge is 0.0688 e. The number of nitrogens with zero attached hydrogens (tertiary/aromatic N) is 1. The molecule has 0 heterocycles. The number of nitrogens with one attached hydrogen (secondary N) is 1. The first kappa shape index (κ1) is 11.4. The van der Waals surface area contributed by atoms with E-state index in [-0.39, 0.29) is 11.5 Å². The van der Waals surface area contributed by atoms with Gasteiger partial charge in [-0.1, -0.05) is 0 Å². The molecular formula is C9H18N2O. The number of hydrogen-bond acceptors (Lipinski definition) is 3. The molecule has 70 valence electrons. The van der Waals surface area contributed by atoms with Crippen molar-refractivity contribution >= 4 is 0 Å². The summed E-state index contributed by atoms with van der Waals surface area (Å²) >= 11 is 0. The Hall–Kier alpha value is -0.590. The van der Waals surface area contributed by atoms with Crippen molar-refractivity contribution in [3.8, 4) is 6.07 Å². The molecule has 2 atom stereocenters. The van der Waals surface area contributed by atoms with E-state index in [0.29, 0.717) is 6.54 Å². The van der Waals surface area contributed by atoms with Crippen molar-refractivity contribution in [2.45, 2.75) is 39.3 Å². The average molecular weight is 170 g/mol. The van der Waals surface area contributed by atoms with Crippen LogP contribution < -0.4 is 5.32 Å². The molecule has 0 aliphatic carbocycles. The highest BCUT2D eigenvalue weighted by molar-refractivity contribution is 4.87. The zero-order valence-electron chi connectivity index (χ0n) is 8.26. The van der Waals surface area contributed by atoms with Crippen LogP contribution in [0.15, 0.2) is 0 Å². The number of nitriles is 1. The lowest BCUT2D eigenvalue weighted by atomic mass is 9.98. The normalized spacial score (nSPS) is 16.7. The van der Waals surface area contributed by atoms with Gasteiger partial charge in [-0.25, -0.2) is 0 Å². The molecule has 0 amide bonds. The first-order valence-corrected chi connectivity index (χ1v) is 4.23. The Bertz CT molecular complexity index is 170. The quantitative estimate of drug-likeness (QED) is 0.659. The Kier molecular flexibility index (Phi) is 4.22. The molecule has 0 aromatic carbocycles. The van der Waals surface area contributed by atoms with E-state index in [1.54, 1.807) is 6.92 Å². The summed E-state index contributed by atoms with van der Waals surface area (Å²) in [6.07, 6.45) is -0.414. The third-order valence-electron chi connectivity index (χ3n) is 2.13. The lowest BCUT2D eigenvalue weighted by Gasteiger charge is -2.29. The lowest BCUT2D eigenvalue weighted by molar-refractivity contribution is 0.0955. The van der Waals surface area contributed by atoms with Crippen LogP contribution in [0.1, 0.15) is 27.7 Å². The molecule has 0 aliphatic rings. The fourth-order valence-corrected chi connectivity index (χ4v) is 0.609. The van der Waals surface area contributed by atoms with Crippen LogP contribution in [-0.4, -0.2) is 23.3 Å². The summed E-state index contributed by atoms with van der Waals surface area (Å²) in [5.74, 6) is -0.0111. The van der Waals surface area contributed by atoms with Crippen LogP contribution in [0.2, 0.25) is 0 Å². The topological polar surface area (TPSA) is 56.0 Å². The third-order valence-corrected chi connectivity index (χ3v) is 2.13. The van der Waals surface area contributed by atoms with Crippen molar-refractivity contribution in [1.82, 2.24) is 5.32 Å². The second-order valence-corrected chi connectivity index (χ2v) is 3.81. The molecule has 12 heavy (non-hydrogen) atoms. The van der Waals surface area contributed by atoms with Crippen molar-refractivity contribution in [3.05, 3.63) is 0 Å². The predicted molar refractivity (Wildman–Crippen MR) is 48.5 cm³/mol. The summed E-state index contributed by atoms with van der Waals surface area (Å²) in [6, 6.07) is 2.13. The third kappa shape index (κ3) is 3.70. The molecule has 0 aliphatic heterocycles. The minimum atomic E-state index is -0.414. The van der Waals surface area contributed by atoms with E-state index in [1.807, 2.05) is 20.8 Å². The first-order chi connectivity index (χ1) is 5.40. The van der Waals surface area contributed by atoms with Crippen LogP contribution in [0.25, 0.3) is 0 Å². The average Bonchev–Trinajstić information content (AvgIpc) is 2.00. The zero-order chi connectivity index (χ0) is 9.78. The van der Waals surface area contributed by atoms with Gasteiger partial charge in [0, 0.05) is 12.1 Å². The van der Waals surface area contributed by atoms with Gasteiger partial charge in [-0.3, -0.25) is 0 Å². The van der Waals surface area contributed by atoms with E-state index in [4.69, 9.17) is 5.26 Å². The van der Waals surface area contributed by atoms with Crippen LogP contribution >= 0.6 is 0 Å². The minimum absolute atomic E-state index is 0.0111. The summed E-state index contributed by atoms with van der Waals surface area (Å²) < 4.78 is 0. The largest absolute Gasteiger partial charge is 0.392 e. The van der Waals surface area contributed by atoms with Gasteiger partial charge in [0.05, 0.1) is 18.1 Å². The summed E-state index contributed by atoms with van der Waals surface area (Å²) in [7, 11) is 0. The van der Waals surface area contributed by atoms with Gasteiger partial charge in [0.25, 0.3) is 0 Å². The fourth-order valence-electron chi connectivity index (χ4n) is 0.609. The fraction of sp³-hybridized carbons (Fsp3) is 0.889. The number of rotatable bonds is 4. The van der Waals surface area contributed by atoms with Crippen molar-refractivity contribution < 1.29 is 5.11 Å². The van der Waals surface area contributed by atoms with Crippen molar-refractivity contribution in [1.29, 1.82) is 5.26 Å². The standard InChI is InChI=1S/C9H18N2O/c1-7(5-10)6-11-9(3,4)8(2)12/h7-8,11-12H,6H2,1-4H3. The van der Waals surface area contributed by atoms with Gasteiger partial charge in [-0.05, 0) is 27.7 Å². The number of aliphatic hydroxyl groups excluding tert-OH is 1. The SMILES string of the molecule is CC(C#N)CNC(C)(C)C(C)O. The summed E-state index contributed by atoms with van der Waals surface area (Å²) in [4.78, 5) is 0. The van der Waals surface area contributed by atoms with Gasteiger partial charge < -0.3 is 10.4 Å². The van der Waals surface area contributed by atoms with E-state index in [0.717, 1.165) is 0 Å². The van der Waals surface area contributed by atoms with Crippen molar-refractivity contribution in [2.24, 2.45) is 5.92 Å². The number of hydrogen-bond donors (Lipinski definition) is 2. The Labute approximate surface area is 74.4 Å². The Balaban J connectivity index is 3.85.